The first kappa shape index (κ1) is 23.0. The normalized spacial score (nSPS) is 13.7. The Morgan fingerprint density at radius 1 is 1.13 bits per heavy atom. The van der Waals surface area contributed by atoms with Gasteiger partial charge in [-0.05, 0) is 49.6 Å². The van der Waals surface area contributed by atoms with Crippen molar-refractivity contribution in [3.05, 3.63) is 58.5 Å². The number of nitrogens with zero attached hydrogens (tertiary/aromatic N) is 2. The number of benzene rings is 1. The molecule has 0 amide bonds. The molecule has 168 valence electrons. The van der Waals surface area contributed by atoms with Gasteiger partial charge >= 0.3 is 12.4 Å². The molecule has 2 aromatic heterocycles. The van der Waals surface area contributed by atoms with E-state index in [0.29, 0.717) is 31.5 Å². The molecular weight excluding hydrogens is 426 g/mol. The van der Waals surface area contributed by atoms with Gasteiger partial charge in [-0.2, -0.15) is 31.4 Å². The van der Waals surface area contributed by atoms with Crippen molar-refractivity contribution in [2.75, 3.05) is 13.1 Å². The van der Waals surface area contributed by atoms with Crippen molar-refractivity contribution < 1.29 is 31.4 Å². The number of aliphatic hydroxyl groups excluding tert-OH is 1. The van der Waals surface area contributed by atoms with Gasteiger partial charge in [0.15, 0.2) is 0 Å². The maximum absolute atomic E-state index is 13.3. The number of hydrogen-bond acceptors (Lipinski definition) is 4. The fourth-order valence-electron chi connectivity index (χ4n) is 3.30. The van der Waals surface area contributed by atoms with Gasteiger partial charge in [-0.15, -0.1) is 0 Å². The van der Waals surface area contributed by atoms with Crippen LogP contribution in [0.15, 0.2) is 30.5 Å². The number of hydrogen-bond donors (Lipinski definition) is 3. The summed E-state index contributed by atoms with van der Waals surface area (Å²) in [5.74, 6) is 0. The summed E-state index contributed by atoms with van der Waals surface area (Å²) in [5.41, 5.74) is -1.91. The van der Waals surface area contributed by atoms with E-state index in [1.165, 1.54) is 6.07 Å². The molecule has 0 spiro atoms. The number of aryl methyl sites for hydroxylation is 2. The number of fused-ring (bicyclic) bond motifs is 1. The van der Waals surface area contributed by atoms with Crippen LogP contribution in [0.3, 0.4) is 0 Å². The molecule has 0 saturated heterocycles. The zero-order valence-corrected chi connectivity index (χ0v) is 16.4. The van der Waals surface area contributed by atoms with Crippen LogP contribution in [0.2, 0.25) is 0 Å². The van der Waals surface area contributed by atoms with Crippen LogP contribution in [0.25, 0.3) is 10.9 Å². The number of aromatic nitrogens is 3. The Balaban J connectivity index is 1.81. The summed E-state index contributed by atoms with van der Waals surface area (Å²) in [6.07, 6.45) is -8.22. The standard InChI is InChI=1S/C20H20F6N4O/c1-11-12(9-28-30-11)4-3-7-27-10-16(31)14-8-17(20(24,25)26)29-18-13(14)5-2-6-15(18)19(21,22)23/h2,5-6,8-9,16,27,31H,3-4,7,10H2,1H3,(H,28,30). The molecule has 0 aliphatic heterocycles. The highest BCUT2D eigenvalue weighted by molar-refractivity contribution is 5.86. The van der Waals surface area contributed by atoms with Crippen molar-refractivity contribution in [3.63, 3.8) is 0 Å². The fourth-order valence-corrected chi connectivity index (χ4v) is 3.30. The number of rotatable bonds is 7. The molecule has 0 saturated carbocycles. The maximum Gasteiger partial charge on any atom is 0.433 e. The number of aliphatic hydroxyl groups is 1. The number of pyridine rings is 1. The molecule has 11 heteroatoms. The third-order valence-corrected chi connectivity index (χ3v) is 4.90. The molecule has 2 heterocycles. The number of alkyl halides is 6. The minimum Gasteiger partial charge on any atom is -0.387 e. The largest absolute Gasteiger partial charge is 0.433 e. The lowest BCUT2D eigenvalue weighted by molar-refractivity contribution is -0.142. The Hall–Kier alpha value is -2.66. The quantitative estimate of drug-likeness (QED) is 0.368. The van der Waals surface area contributed by atoms with Gasteiger partial charge in [-0.25, -0.2) is 4.98 Å². The van der Waals surface area contributed by atoms with Gasteiger partial charge in [0, 0.05) is 17.6 Å². The molecule has 5 nitrogen and oxygen atoms in total. The summed E-state index contributed by atoms with van der Waals surface area (Å²) in [6.45, 7) is 2.20. The van der Waals surface area contributed by atoms with E-state index in [1.54, 1.807) is 6.20 Å². The summed E-state index contributed by atoms with van der Waals surface area (Å²) in [7, 11) is 0. The molecule has 31 heavy (non-hydrogen) atoms. The number of para-hydroxylation sites is 1. The van der Waals surface area contributed by atoms with Crippen LogP contribution in [0.4, 0.5) is 26.3 Å². The summed E-state index contributed by atoms with van der Waals surface area (Å²) in [5, 5.41) is 19.9. The minimum absolute atomic E-state index is 0.128. The van der Waals surface area contributed by atoms with E-state index in [4.69, 9.17) is 0 Å². The second-order valence-electron chi connectivity index (χ2n) is 7.14. The van der Waals surface area contributed by atoms with Crippen molar-refractivity contribution in [1.29, 1.82) is 0 Å². The van der Waals surface area contributed by atoms with Crippen molar-refractivity contribution >= 4 is 10.9 Å². The van der Waals surface area contributed by atoms with Gasteiger partial charge in [-0.3, -0.25) is 5.10 Å². The molecule has 3 rings (SSSR count). The van der Waals surface area contributed by atoms with Crippen molar-refractivity contribution in [2.24, 2.45) is 0 Å². The van der Waals surface area contributed by atoms with E-state index in [0.717, 1.165) is 17.3 Å². The smallest absolute Gasteiger partial charge is 0.387 e. The average molecular weight is 446 g/mol. The first-order chi connectivity index (χ1) is 14.5. The summed E-state index contributed by atoms with van der Waals surface area (Å²) in [4.78, 5) is 3.22. The van der Waals surface area contributed by atoms with Crippen LogP contribution >= 0.6 is 0 Å². The maximum atomic E-state index is 13.3. The lowest BCUT2D eigenvalue weighted by atomic mass is 9.99. The van der Waals surface area contributed by atoms with E-state index < -0.39 is 35.2 Å². The summed E-state index contributed by atoms with van der Waals surface area (Å²) in [6, 6.07) is 3.57. The molecule has 1 unspecified atom stereocenters. The van der Waals surface area contributed by atoms with Crippen LogP contribution in [0.5, 0.6) is 0 Å². The van der Waals surface area contributed by atoms with Gasteiger partial charge in [0.25, 0.3) is 0 Å². The van der Waals surface area contributed by atoms with Crippen LogP contribution < -0.4 is 5.32 Å². The van der Waals surface area contributed by atoms with E-state index in [9.17, 15) is 31.4 Å². The first-order valence-corrected chi connectivity index (χ1v) is 9.44. The van der Waals surface area contributed by atoms with Crippen LogP contribution in [0, 0.1) is 6.92 Å². The molecule has 0 aliphatic rings. The predicted molar refractivity (Wildman–Crippen MR) is 101 cm³/mol. The van der Waals surface area contributed by atoms with Crippen molar-refractivity contribution in [3.8, 4) is 0 Å². The number of aromatic amines is 1. The molecule has 3 aromatic rings. The minimum atomic E-state index is -4.96. The molecule has 0 fully saturated rings. The van der Waals surface area contributed by atoms with Gasteiger partial charge < -0.3 is 10.4 Å². The Bertz CT molecular complexity index is 1040. The van der Waals surface area contributed by atoms with Crippen molar-refractivity contribution in [1.82, 2.24) is 20.5 Å². The van der Waals surface area contributed by atoms with E-state index >= 15 is 0 Å². The lowest BCUT2D eigenvalue weighted by Gasteiger charge is -2.19. The number of halogens is 6. The highest BCUT2D eigenvalue weighted by atomic mass is 19.4. The zero-order chi connectivity index (χ0) is 22.8. The number of H-pyrrole nitrogens is 1. The van der Waals surface area contributed by atoms with Crippen LogP contribution in [-0.2, 0) is 18.8 Å². The third-order valence-electron chi connectivity index (χ3n) is 4.90. The molecule has 0 radical (unpaired) electrons. The molecule has 0 aliphatic carbocycles. The van der Waals surface area contributed by atoms with Gasteiger partial charge in [0.2, 0.25) is 0 Å². The molecular formula is C20H20F6N4O. The Labute approximate surface area is 173 Å². The summed E-state index contributed by atoms with van der Waals surface area (Å²) < 4.78 is 79.7. The third kappa shape index (κ3) is 5.34. The Kier molecular flexibility index (Phi) is 6.56. The Morgan fingerprint density at radius 2 is 1.87 bits per heavy atom. The second-order valence-corrected chi connectivity index (χ2v) is 7.14. The van der Waals surface area contributed by atoms with Gasteiger partial charge in [-0.1, -0.05) is 12.1 Å². The monoisotopic (exact) mass is 446 g/mol. The lowest BCUT2D eigenvalue weighted by Crippen LogP contribution is -2.24. The van der Waals surface area contributed by atoms with E-state index in [1.807, 2.05) is 6.92 Å². The SMILES string of the molecule is Cc1[nH]ncc1CCCNCC(O)c1cc(C(F)(F)F)nc2c(C(F)(F)F)cccc12. The second kappa shape index (κ2) is 8.83. The van der Waals surface area contributed by atoms with Gasteiger partial charge in [0.05, 0.1) is 23.4 Å². The molecule has 1 aromatic carbocycles. The predicted octanol–water partition coefficient (Wildman–Crippen LogP) is 4.56. The average Bonchev–Trinajstić information content (AvgIpc) is 3.09. The van der Waals surface area contributed by atoms with Crippen LogP contribution in [-0.4, -0.2) is 33.4 Å². The first-order valence-electron chi connectivity index (χ1n) is 9.44. The molecule has 1 atom stereocenters. The van der Waals surface area contributed by atoms with Gasteiger partial charge in [0.1, 0.15) is 5.69 Å². The van der Waals surface area contributed by atoms with E-state index in [2.05, 4.69) is 20.5 Å². The fraction of sp³-hybridized carbons (Fsp3) is 0.400. The molecule has 0 bridgehead atoms. The summed E-state index contributed by atoms with van der Waals surface area (Å²) >= 11 is 0. The van der Waals surface area contributed by atoms with Crippen molar-refractivity contribution in [2.45, 2.75) is 38.2 Å². The highest BCUT2D eigenvalue weighted by Gasteiger charge is 2.37. The number of nitrogens with one attached hydrogen (secondary N) is 2. The Morgan fingerprint density at radius 3 is 2.48 bits per heavy atom. The zero-order valence-electron chi connectivity index (χ0n) is 16.4. The molecule has 3 N–H and O–H groups in total. The van der Waals surface area contributed by atoms with E-state index in [-0.39, 0.29) is 17.5 Å². The topological polar surface area (TPSA) is 73.8 Å². The highest BCUT2D eigenvalue weighted by Crippen LogP contribution is 2.38. The van der Waals surface area contributed by atoms with Crippen LogP contribution in [0.1, 0.15) is 40.6 Å².